The van der Waals surface area contributed by atoms with Crippen LogP contribution in [0.4, 0.5) is 0 Å². The Morgan fingerprint density at radius 3 is 2.43 bits per heavy atom. The number of para-hydroxylation sites is 1. The zero-order chi connectivity index (χ0) is 15.7. The van der Waals surface area contributed by atoms with E-state index in [0.717, 1.165) is 25.4 Å². The van der Waals surface area contributed by atoms with Crippen LogP contribution in [-0.2, 0) is 6.54 Å². The molecule has 3 heteroatoms. The topological polar surface area (TPSA) is 24.5 Å². The average Bonchev–Trinajstić information content (AvgIpc) is 2.47. The Hall–Kier alpha value is -1.06. The monoisotopic (exact) mass is 292 g/mol. The molecule has 0 unspecified atom stereocenters. The first kappa shape index (κ1) is 18.0. The van der Waals surface area contributed by atoms with Gasteiger partial charge in [-0.25, -0.2) is 0 Å². The predicted octanol–water partition coefficient (Wildman–Crippen LogP) is 3.68. The van der Waals surface area contributed by atoms with Crippen LogP contribution in [0.25, 0.3) is 0 Å². The van der Waals surface area contributed by atoms with Crippen LogP contribution in [-0.4, -0.2) is 37.2 Å². The molecule has 0 saturated heterocycles. The molecule has 1 aromatic rings. The molecule has 0 saturated carbocycles. The van der Waals surface area contributed by atoms with Gasteiger partial charge in [0.1, 0.15) is 12.4 Å². The van der Waals surface area contributed by atoms with Crippen molar-refractivity contribution in [1.29, 1.82) is 0 Å². The Morgan fingerprint density at radius 2 is 1.81 bits per heavy atom. The van der Waals surface area contributed by atoms with E-state index >= 15 is 0 Å². The molecule has 0 amide bonds. The van der Waals surface area contributed by atoms with Gasteiger partial charge < -0.3 is 15.0 Å². The van der Waals surface area contributed by atoms with E-state index in [0.29, 0.717) is 12.1 Å². The maximum absolute atomic E-state index is 6.00. The fourth-order valence-corrected chi connectivity index (χ4v) is 2.50. The minimum Gasteiger partial charge on any atom is -0.492 e. The Labute approximate surface area is 130 Å². The highest BCUT2D eigenvalue weighted by Crippen LogP contribution is 2.18. The van der Waals surface area contributed by atoms with Gasteiger partial charge in [-0.1, -0.05) is 45.9 Å². The first-order valence-corrected chi connectivity index (χ1v) is 8.22. The molecule has 0 aliphatic rings. The van der Waals surface area contributed by atoms with Crippen LogP contribution in [0.1, 0.15) is 46.1 Å². The molecule has 0 aliphatic heterocycles. The van der Waals surface area contributed by atoms with Gasteiger partial charge in [-0.05, 0) is 26.0 Å². The highest BCUT2D eigenvalue weighted by atomic mass is 16.5. The van der Waals surface area contributed by atoms with Gasteiger partial charge in [0.15, 0.2) is 0 Å². The Kier molecular flexibility index (Phi) is 8.40. The van der Waals surface area contributed by atoms with Crippen molar-refractivity contribution in [2.24, 2.45) is 0 Å². The van der Waals surface area contributed by atoms with Gasteiger partial charge in [-0.15, -0.1) is 0 Å². The van der Waals surface area contributed by atoms with Crippen molar-refractivity contribution < 1.29 is 4.74 Å². The van der Waals surface area contributed by atoms with Crippen molar-refractivity contribution in [3.8, 4) is 5.75 Å². The van der Waals surface area contributed by atoms with Crippen molar-refractivity contribution in [3.05, 3.63) is 29.8 Å². The number of hydrogen-bond acceptors (Lipinski definition) is 3. The van der Waals surface area contributed by atoms with Crippen LogP contribution in [0.2, 0.25) is 0 Å². The lowest BCUT2D eigenvalue weighted by Gasteiger charge is -2.26. The number of nitrogens with zero attached hydrogens (tertiary/aromatic N) is 1. The normalized spacial score (nSPS) is 11.6. The molecule has 0 atom stereocenters. The Balaban J connectivity index is 2.47. The maximum Gasteiger partial charge on any atom is 0.123 e. The number of rotatable bonds is 10. The SMILES string of the molecule is CCC(CC)N(C)CCOc1ccccc1CNC(C)C. The van der Waals surface area contributed by atoms with E-state index in [2.05, 4.69) is 63.2 Å². The van der Waals surface area contributed by atoms with Crippen molar-refractivity contribution in [3.63, 3.8) is 0 Å². The molecular weight excluding hydrogens is 260 g/mol. The molecule has 120 valence electrons. The van der Waals surface area contributed by atoms with Gasteiger partial charge in [0.25, 0.3) is 0 Å². The van der Waals surface area contributed by atoms with Gasteiger partial charge in [0.05, 0.1) is 0 Å². The third kappa shape index (κ3) is 6.49. The number of nitrogens with one attached hydrogen (secondary N) is 1. The van der Waals surface area contributed by atoms with Gasteiger partial charge >= 0.3 is 0 Å². The largest absolute Gasteiger partial charge is 0.492 e. The van der Waals surface area contributed by atoms with Crippen LogP contribution in [0.3, 0.4) is 0 Å². The van der Waals surface area contributed by atoms with E-state index in [9.17, 15) is 0 Å². The molecule has 3 nitrogen and oxygen atoms in total. The molecule has 0 fully saturated rings. The number of likely N-dealkylation sites (N-methyl/N-ethyl adjacent to an activating group) is 1. The standard InChI is InChI=1S/C18H32N2O/c1-6-17(7-2)20(5)12-13-21-18-11-9-8-10-16(18)14-19-15(3)4/h8-11,15,17,19H,6-7,12-14H2,1-5H3. The van der Waals surface area contributed by atoms with E-state index < -0.39 is 0 Å². The number of benzene rings is 1. The van der Waals surface area contributed by atoms with Crippen molar-refractivity contribution in [2.75, 3.05) is 20.2 Å². The minimum absolute atomic E-state index is 0.485. The van der Waals surface area contributed by atoms with Crippen molar-refractivity contribution >= 4 is 0 Å². The lowest BCUT2D eigenvalue weighted by Crippen LogP contribution is -2.34. The molecule has 0 bridgehead atoms. The van der Waals surface area contributed by atoms with Gasteiger partial charge in [-0.2, -0.15) is 0 Å². The summed E-state index contributed by atoms with van der Waals surface area (Å²) in [6.45, 7) is 11.4. The second-order valence-electron chi connectivity index (χ2n) is 5.94. The lowest BCUT2D eigenvalue weighted by atomic mass is 10.1. The Morgan fingerprint density at radius 1 is 1.14 bits per heavy atom. The molecule has 0 heterocycles. The van der Waals surface area contributed by atoms with Crippen molar-refractivity contribution in [2.45, 2.75) is 59.2 Å². The molecule has 0 aliphatic carbocycles. The van der Waals surface area contributed by atoms with Gasteiger partial charge in [0, 0.05) is 30.7 Å². The van der Waals surface area contributed by atoms with Gasteiger partial charge in [-0.3, -0.25) is 0 Å². The highest BCUT2D eigenvalue weighted by Gasteiger charge is 2.10. The minimum atomic E-state index is 0.485. The van der Waals surface area contributed by atoms with Crippen LogP contribution in [0, 0.1) is 0 Å². The van der Waals surface area contributed by atoms with Crippen LogP contribution >= 0.6 is 0 Å². The van der Waals surface area contributed by atoms with E-state index in [1.54, 1.807) is 0 Å². The third-order valence-electron chi connectivity index (χ3n) is 3.94. The van der Waals surface area contributed by atoms with E-state index in [-0.39, 0.29) is 0 Å². The molecule has 21 heavy (non-hydrogen) atoms. The van der Waals surface area contributed by atoms with E-state index in [1.165, 1.54) is 18.4 Å². The summed E-state index contributed by atoms with van der Waals surface area (Å²) >= 11 is 0. The molecule has 1 N–H and O–H groups in total. The summed E-state index contributed by atoms with van der Waals surface area (Å²) in [5.74, 6) is 1.00. The van der Waals surface area contributed by atoms with Crippen LogP contribution < -0.4 is 10.1 Å². The number of ether oxygens (including phenoxy) is 1. The molecule has 0 aromatic heterocycles. The summed E-state index contributed by atoms with van der Waals surface area (Å²) in [5, 5.41) is 3.45. The number of hydrogen-bond donors (Lipinski definition) is 1. The van der Waals surface area contributed by atoms with Crippen LogP contribution in [0.15, 0.2) is 24.3 Å². The second-order valence-corrected chi connectivity index (χ2v) is 5.94. The average molecular weight is 292 g/mol. The summed E-state index contributed by atoms with van der Waals surface area (Å²) < 4.78 is 6.00. The zero-order valence-electron chi connectivity index (χ0n) is 14.4. The van der Waals surface area contributed by atoms with Crippen molar-refractivity contribution in [1.82, 2.24) is 10.2 Å². The maximum atomic E-state index is 6.00. The van der Waals surface area contributed by atoms with Gasteiger partial charge in [0.2, 0.25) is 0 Å². The third-order valence-corrected chi connectivity index (χ3v) is 3.94. The molecule has 0 radical (unpaired) electrons. The molecule has 1 rings (SSSR count). The first-order valence-electron chi connectivity index (χ1n) is 8.22. The quantitative estimate of drug-likeness (QED) is 0.712. The summed E-state index contributed by atoms with van der Waals surface area (Å²) in [6.07, 6.45) is 2.39. The predicted molar refractivity (Wildman–Crippen MR) is 90.9 cm³/mol. The molecular formula is C18H32N2O. The second kappa shape index (κ2) is 9.80. The van der Waals surface area contributed by atoms with E-state index in [4.69, 9.17) is 4.74 Å². The molecule has 0 spiro atoms. The summed E-state index contributed by atoms with van der Waals surface area (Å²) in [6, 6.07) is 9.45. The highest BCUT2D eigenvalue weighted by molar-refractivity contribution is 5.33. The summed E-state index contributed by atoms with van der Waals surface area (Å²) in [5.41, 5.74) is 1.23. The zero-order valence-corrected chi connectivity index (χ0v) is 14.4. The van der Waals surface area contributed by atoms with E-state index in [1.807, 2.05) is 6.07 Å². The van der Waals surface area contributed by atoms with Crippen LogP contribution in [0.5, 0.6) is 5.75 Å². The summed E-state index contributed by atoms with van der Waals surface area (Å²) in [4.78, 5) is 2.40. The molecule has 1 aromatic carbocycles. The smallest absolute Gasteiger partial charge is 0.123 e. The Bertz CT molecular complexity index is 389. The first-order chi connectivity index (χ1) is 10.1. The fourth-order valence-electron chi connectivity index (χ4n) is 2.50. The fraction of sp³-hybridized carbons (Fsp3) is 0.667. The lowest BCUT2D eigenvalue weighted by molar-refractivity contribution is 0.183. The summed E-state index contributed by atoms with van der Waals surface area (Å²) in [7, 11) is 2.19.